The molecule has 0 aliphatic heterocycles. The Labute approximate surface area is 155 Å². The molecule has 0 spiro atoms. The fourth-order valence-corrected chi connectivity index (χ4v) is 4.38. The van der Waals surface area contributed by atoms with Crippen LogP contribution in [0.1, 0.15) is 53.9 Å². The number of anilines is 1. The first-order valence-electron chi connectivity index (χ1n) is 8.76. The first-order valence-corrected chi connectivity index (χ1v) is 10.5. The Kier molecular flexibility index (Phi) is 6.58. The molecular formula is C18H23N3O2S2. The maximum Gasteiger partial charge on any atom is 0.267 e. The Morgan fingerprint density at radius 3 is 2.80 bits per heavy atom. The maximum absolute atomic E-state index is 12.0. The van der Waals surface area contributed by atoms with Gasteiger partial charge in [-0.1, -0.05) is 25.3 Å². The minimum atomic E-state index is -0.138. The number of nitrogens with one attached hydrogen (secondary N) is 2. The van der Waals surface area contributed by atoms with Crippen molar-refractivity contribution in [1.82, 2.24) is 10.3 Å². The first-order chi connectivity index (χ1) is 12.2. The smallest absolute Gasteiger partial charge is 0.267 e. The normalized spacial score (nSPS) is 15.0. The van der Waals surface area contributed by atoms with Crippen LogP contribution in [-0.2, 0) is 11.2 Å². The number of nitrogens with zero attached hydrogens (tertiary/aromatic N) is 1. The lowest BCUT2D eigenvalue weighted by molar-refractivity contribution is -0.121. The highest BCUT2D eigenvalue weighted by molar-refractivity contribution is 7.14. The van der Waals surface area contributed by atoms with Gasteiger partial charge in [0.15, 0.2) is 5.13 Å². The third kappa shape index (κ3) is 5.64. The van der Waals surface area contributed by atoms with Crippen molar-refractivity contribution in [3.8, 4) is 0 Å². The molecule has 1 saturated carbocycles. The average Bonchev–Trinajstić information content (AvgIpc) is 3.31. The van der Waals surface area contributed by atoms with E-state index in [4.69, 9.17) is 0 Å². The zero-order chi connectivity index (χ0) is 17.5. The highest BCUT2D eigenvalue weighted by Crippen LogP contribution is 2.23. The summed E-state index contributed by atoms with van der Waals surface area (Å²) in [5.74, 6) is 0.597. The van der Waals surface area contributed by atoms with E-state index in [0.717, 1.165) is 12.2 Å². The summed E-state index contributed by atoms with van der Waals surface area (Å²) in [6.07, 6.45) is 7.42. The van der Waals surface area contributed by atoms with Crippen molar-refractivity contribution in [2.75, 3.05) is 11.9 Å². The lowest BCUT2D eigenvalue weighted by Crippen LogP contribution is -2.30. The molecule has 0 saturated heterocycles. The number of hydrogen-bond acceptors (Lipinski definition) is 5. The van der Waals surface area contributed by atoms with E-state index in [-0.39, 0.29) is 11.8 Å². The largest absolute Gasteiger partial charge is 0.356 e. The summed E-state index contributed by atoms with van der Waals surface area (Å²) in [6, 6.07) is 3.63. The van der Waals surface area contributed by atoms with Gasteiger partial charge in [-0.05, 0) is 36.6 Å². The predicted octanol–water partition coefficient (Wildman–Crippen LogP) is 4.09. The fourth-order valence-electron chi connectivity index (χ4n) is 3.03. The SMILES string of the molecule is O=C(CCc1csc(NC(=O)c2cccs2)n1)NCC1CCCCC1. The van der Waals surface area contributed by atoms with Crippen molar-refractivity contribution in [3.05, 3.63) is 33.5 Å². The van der Waals surface area contributed by atoms with Crippen LogP contribution in [0.15, 0.2) is 22.9 Å². The van der Waals surface area contributed by atoms with Crippen molar-refractivity contribution in [3.63, 3.8) is 0 Å². The van der Waals surface area contributed by atoms with Crippen LogP contribution in [0.3, 0.4) is 0 Å². The summed E-state index contributed by atoms with van der Waals surface area (Å²) in [6.45, 7) is 0.804. The number of aryl methyl sites for hydroxylation is 1. The van der Waals surface area contributed by atoms with E-state index < -0.39 is 0 Å². The van der Waals surface area contributed by atoms with E-state index in [9.17, 15) is 9.59 Å². The summed E-state index contributed by atoms with van der Waals surface area (Å²) >= 11 is 2.79. The molecule has 1 aliphatic carbocycles. The summed E-state index contributed by atoms with van der Waals surface area (Å²) in [5.41, 5.74) is 0.847. The zero-order valence-corrected chi connectivity index (χ0v) is 15.8. The van der Waals surface area contributed by atoms with Crippen molar-refractivity contribution in [2.24, 2.45) is 5.92 Å². The van der Waals surface area contributed by atoms with E-state index in [1.54, 1.807) is 6.07 Å². The molecule has 0 aromatic carbocycles. The molecule has 2 aromatic rings. The lowest BCUT2D eigenvalue weighted by atomic mass is 9.89. The highest BCUT2D eigenvalue weighted by atomic mass is 32.1. The molecule has 3 rings (SSSR count). The van der Waals surface area contributed by atoms with Crippen LogP contribution in [-0.4, -0.2) is 23.3 Å². The number of thiophene rings is 1. The van der Waals surface area contributed by atoms with Gasteiger partial charge in [-0.2, -0.15) is 0 Å². The topological polar surface area (TPSA) is 71.1 Å². The number of thiazole rings is 1. The van der Waals surface area contributed by atoms with E-state index >= 15 is 0 Å². The van der Waals surface area contributed by atoms with Crippen LogP contribution >= 0.6 is 22.7 Å². The molecule has 2 N–H and O–H groups in total. The van der Waals surface area contributed by atoms with Crippen molar-refractivity contribution in [2.45, 2.75) is 44.9 Å². The van der Waals surface area contributed by atoms with Crippen LogP contribution in [0.25, 0.3) is 0 Å². The third-order valence-electron chi connectivity index (χ3n) is 4.44. The maximum atomic E-state index is 12.0. The second-order valence-corrected chi connectivity index (χ2v) is 8.19. The number of aromatic nitrogens is 1. The van der Waals surface area contributed by atoms with Crippen molar-refractivity contribution in [1.29, 1.82) is 0 Å². The van der Waals surface area contributed by atoms with Crippen LogP contribution in [0.2, 0.25) is 0 Å². The predicted molar refractivity (Wildman–Crippen MR) is 102 cm³/mol. The van der Waals surface area contributed by atoms with E-state index in [0.29, 0.717) is 28.8 Å². The summed E-state index contributed by atoms with van der Waals surface area (Å²) in [4.78, 5) is 29.0. The Morgan fingerprint density at radius 2 is 2.04 bits per heavy atom. The Hall–Kier alpha value is -1.73. The lowest BCUT2D eigenvalue weighted by Gasteiger charge is -2.21. The molecule has 2 aromatic heterocycles. The van der Waals surface area contributed by atoms with Crippen LogP contribution in [0.4, 0.5) is 5.13 Å². The van der Waals surface area contributed by atoms with Crippen LogP contribution < -0.4 is 10.6 Å². The van der Waals surface area contributed by atoms with Crippen LogP contribution in [0.5, 0.6) is 0 Å². The van der Waals surface area contributed by atoms with Gasteiger partial charge >= 0.3 is 0 Å². The summed E-state index contributed by atoms with van der Waals surface area (Å²) in [5, 5.41) is 10.2. The zero-order valence-electron chi connectivity index (χ0n) is 14.1. The Balaban J connectivity index is 1.39. The van der Waals surface area contributed by atoms with Gasteiger partial charge < -0.3 is 5.32 Å². The number of hydrogen-bond donors (Lipinski definition) is 2. The van der Waals surface area contributed by atoms with E-state index in [1.807, 2.05) is 16.8 Å². The van der Waals surface area contributed by atoms with Gasteiger partial charge in [0.2, 0.25) is 5.91 Å². The van der Waals surface area contributed by atoms with Gasteiger partial charge in [0.05, 0.1) is 10.6 Å². The number of carbonyl (C=O) groups excluding carboxylic acids is 2. The van der Waals surface area contributed by atoms with Gasteiger partial charge in [0, 0.05) is 18.3 Å². The third-order valence-corrected chi connectivity index (χ3v) is 6.11. The molecule has 7 heteroatoms. The summed E-state index contributed by atoms with van der Waals surface area (Å²) in [7, 11) is 0. The van der Waals surface area contributed by atoms with Gasteiger partial charge in [0.25, 0.3) is 5.91 Å². The monoisotopic (exact) mass is 377 g/mol. The molecule has 5 nitrogen and oxygen atoms in total. The van der Waals surface area contributed by atoms with Gasteiger partial charge in [-0.3, -0.25) is 14.9 Å². The molecule has 2 heterocycles. The van der Waals surface area contributed by atoms with Crippen molar-refractivity contribution < 1.29 is 9.59 Å². The highest BCUT2D eigenvalue weighted by Gasteiger charge is 2.15. The number of amides is 2. The van der Waals surface area contributed by atoms with Gasteiger partial charge in [-0.25, -0.2) is 4.98 Å². The first kappa shape index (κ1) is 18.1. The van der Waals surface area contributed by atoms with Crippen molar-refractivity contribution >= 4 is 39.6 Å². The number of carbonyl (C=O) groups is 2. The Bertz CT molecular complexity index is 691. The van der Waals surface area contributed by atoms with E-state index in [2.05, 4.69) is 15.6 Å². The Morgan fingerprint density at radius 1 is 1.20 bits per heavy atom. The van der Waals surface area contributed by atoms with Gasteiger partial charge in [-0.15, -0.1) is 22.7 Å². The minimum Gasteiger partial charge on any atom is -0.356 e. The second kappa shape index (κ2) is 9.10. The molecule has 25 heavy (non-hydrogen) atoms. The molecule has 0 radical (unpaired) electrons. The minimum absolute atomic E-state index is 0.0859. The molecule has 0 atom stereocenters. The number of rotatable bonds is 7. The standard InChI is InChI=1S/C18H23N3O2S2/c22-16(19-11-13-5-2-1-3-6-13)9-8-14-12-25-18(20-14)21-17(23)15-7-4-10-24-15/h4,7,10,12-13H,1-3,5-6,8-9,11H2,(H,19,22)(H,20,21,23). The van der Waals surface area contributed by atoms with Crippen LogP contribution in [0, 0.1) is 5.92 Å². The summed E-state index contributed by atoms with van der Waals surface area (Å²) < 4.78 is 0. The van der Waals surface area contributed by atoms with Gasteiger partial charge in [0.1, 0.15) is 0 Å². The molecule has 0 unspecified atom stereocenters. The molecule has 1 fully saturated rings. The second-order valence-electron chi connectivity index (χ2n) is 6.38. The molecule has 2 amide bonds. The average molecular weight is 378 g/mol. The molecular weight excluding hydrogens is 354 g/mol. The quantitative estimate of drug-likeness (QED) is 0.763. The molecule has 1 aliphatic rings. The van der Waals surface area contributed by atoms with E-state index in [1.165, 1.54) is 54.8 Å². The molecule has 0 bridgehead atoms. The molecule has 134 valence electrons. The fraction of sp³-hybridized carbons (Fsp3) is 0.500.